The number of ether oxygens (including phenoxy) is 1. The van der Waals surface area contributed by atoms with Gasteiger partial charge in [-0.2, -0.15) is 0 Å². The number of nitrogens with one attached hydrogen (secondary N) is 2. The predicted molar refractivity (Wildman–Crippen MR) is 111 cm³/mol. The van der Waals surface area contributed by atoms with Crippen molar-refractivity contribution in [2.45, 2.75) is 30.9 Å². The van der Waals surface area contributed by atoms with E-state index in [0.717, 1.165) is 12.0 Å². The zero-order chi connectivity index (χ0) is 21.0. The summed E-state index contributed by atoms with van der Waals surface area (Å²) in [6.45, 7) is 1.30. The van der Waals surface area contributed by atoms with Crippen LogP contribution in [-0.2, 0) is 27.8 Å². The van der Waals surface area contributed by atoms with E-state index in [1.807, 2.05) is 49.6 Å². The van der Waals surface area contributed by atoms with Gasteiger partial charge in [0.2, 0.25) is 0 Å². The number of carbonyl (C=O) groups is 2. The molecule has 2 aromatic rings. The molecule has 8 nitrogen and oxygen atoms in total. The van der Waals surface area contributed by atoms with E-state index in [4.69, 9.17) is 9.57 Å². The van der Waals surface area contributed by atoms with Crippen molar-refractivity contribution in [2.24, 2.45) is 12.2 Å². The molecule has 2 aliphatic rings. The highest BCUT2D eigenvalue weighted by molar-refractivity contribution is 6.39. The van der Waals surface area contributed by atoms with Crippen LogP contribution in [0.3, 0.4) is 0 Å². The second-order valence-corrected chi connectivity index (χ2v) is 7.73. The molecule has 158 valence electrons. The fourth-order valence-corrected chi connectivity index (χ4v) is 3.89. The molecule has 2 aliphatic heterocycles. The summed E-state index contributed by atoms with van der Waals surface area (Å²) in [6.07, 6.45) is 3.45. The van der Waals surface area contributed by atoms with Crippen LogP contribution in [0.2, 0.25) is 0 Å². The average Bonchev–Trinajstić information content (AvgIpc) is 3.38. The number of hydrogen-bond acceptors (Lipinski definition) is 5. The van der Waals surface area contributed by atoms with Crippen molar-refractivity contribution in [2.75, 3.05) is 19.8 Å². The summed E-state index contributed by atoms with van der Waals surface area (Å²) < 4.78 is 7.38. The van der Waals surface area contributed by atoms with E-state index in [9.17, 15) is 9.59 Å². The van der Waals surface area contributed by atoms with Gasteiger partial charge in [-0.05, 0) is 30.5 Å². The molecule has 1 spiro atoms. The summed E-state index contributed by atoms with van der Waals surface area (Å²) in [5.74, 6) is -0.431. The van der Waals surface area contributed by atoms with Gasteiger partial charge in [-0.1, -0.05) is 35.5 Å². The minimum atomic E-state index is -0.856. The van der Waals surface area contributed by atoms with Crippen molar-refractivity contribution >= 4 is 17.5 Å². The quantitative estimate of drug-likeness (QED) is 0.753. The number of amides is 2. The van der Waals surface area contributed by atoms with Crippen LogP contribution in [0.15, 0.2) is 53.8 Å². The summed E-state index contributed by atoms with van der Waals surface area (Å²) in [4.78, 5) is 31.0. The van der Waals surface area contributed by atoms with Crippen LogP contribution < -0.4 is 10.6 Å². The number of nitrogens with zero attached hydrogens (tertiary/aromatic N) is 2. The van der Waals surface area contributed by atoms with Gasteiger partial charge in [0, 0.05) is 32.8 Å². The Kier molecular flexibility index (Phi) is 5.85. The first-order chi connectivity index (χ1) is 14.6. The van der Waals surface area contributed by atoms with Crippen LogP contribution in [0, 0.1) is 0 Å². The molecule has 3 heterocycles. The molecule has 1 aromatic heterocycles. The molecule has 2 atom stereocenters. The lowest BCUT2D eigenvalue weighted by Crippen LogP contribution is -2.59. The van der Waals surface area contributed by atoms with Crippen LogP contribution in [0.4, 0.5) is 0 Å². The average molecular weight is 410 g/mol. The second kappa shape index (κ2) is 8.71. The van der Waals surface area contributed by atoms with Crippen LogP contribution in [0.1, 0.15) is 28.9 Å². The fourth-order valence-electron chi connectivity index (χ4n) is 3.89. The van der Waals surface area contributed by atoms with Gasteiger partial charge in [0.05, 0.1) is 12.6 Å². The van der Waals surface area contributed by atoms with E-state index >= 15 is 0 Å². The Hall–Kier alpha value is -3.13. The highest BCUT2D eigenvalue weighted by Gasteiger charge is 2.50. The van der Waals surface area contributed by atoms with Gasteiger partial charge in [0.1, 0.15) is 11.4 Å². The molecule has 8 heteroatoms. The molecule has 0 aliphatic carbocycles. The summed E-state index contributed by atoms with van der Waals surface area (Å²) in [6, 6.07) is 13.2. The third-order valence-electron chi connectivity index (χ3n) is 5.62. The summed E-state index contributed by atoms with van der Waals surface area (Å²) in [5.41, 5.74) is 1.19. The molecule has 0 saturated carbocycles. The lowest BCUT2D eigenvalue weighted by Gasteiger charge is -2.38. The largest absolute Gasteiger partial charge is 0.384 e. The third-order valence-corrected chi connectivity index (χ3v) is 5.62. The van der Waals surface area contributed by atoms with Gasteiger partial charge in [-0.3, -0.25) is 9.59 Å². The Labute approximate surface area is 175 Å². The molecule has 1 fully saturated rings. The van der Waals surface area contributed by atoms with Gasteiger partial charge in [-0.15, -0.1) is 0 Å². The minimum absolute atomic E-state index is 0.182. The maximum Gasteiger partial charge on any atom is 0.269 e. The molecule has 2 N–H and O–H groups in total. The van der Waals surface area contributed by atoms with E-state index in [0.29, 0.717) is 37.4 Å². The maximum atomic E-state index is 12.7. The Morgan fingerprint density at radius 2 is 2.03 bits per heavy atom. The normalized spacial score (nSPS) is 23.0. The predicted octanol–water partition coefficient (Wildman–Crippen LogP) is 1.42. The zero-order valence-corrected chi connectivity index (χ0v) is 17.0. The smallest absolute Gasteiger partial charge is 0.269 e. The van der Waals surface area contributed by atoms with Crippen LogP contribution in [0.25, 0.3) is 0 Å². The number of rotatable bonds is 6. The Bertz CT molecular complexity index is 940. The van der Waals surface area contributed by atoms with Crippen molar-refractivity contribution < 1.29 is 19.2 Å². The number of benzene rings is 1. The topological polar surface area (TPSA) is 94.0 Å². The number of carbonyl (C=O) groups excluding carboxylic acids is 2. The molecule has 2 amide bonds. The van der Waals surface area contributed by atoms with Gasteiger partial charge >= 0.3 is 0 Å². The molecule has 0 bridgehead atoms. The molecule has 0 radical (unpaired) electrons. The fraction of sp³-hybridized carbons (Fsp3) is 0.409. The first kappa shape index (κ1) is 20.2. The summed E-state index contributed by atoms with van der Waals surface area (Å²) in [5, 5.41) is 9.99. The van der Waals surface area contributed by atoms with E-state index in [1.54, 1.807) is 10.6 Å². The van der Waals surface area contributed by atoms with Crippen molar-refractivity contribution in [3.05, 3.63) is 59.9 Å². The highest BCUT2D eigenvalue weighted by atomic mass is 16.7. The number of aromatic nitrogens is 1. The zero-order valence-electron chi connectivity index (χ0n) is 17.0. The van der Waals surface area contributed by atoms with Gasteiger partial charge < -0.3 is 24.8 Å². The monoisotopic (exact) mass is 410 g/mol. The van der Waals surface area contributed by atoms with E-state index in [-0.39, 0.29) is 24.5 Å². The van der Waals surface area contributed by atoms with E-state index in [1.165, 1.54) is 0 Å². The number of aryl methyl sites for hydroxylation is 1. The Morgan fingerprint density at radius 1 is 1.20 bits per heavy atom. The molecule has 1 aromatic carbocycles. The standard InChI is InChI=1S/C22H26N4O4/c1-26-12-5-8-18(26)21(28)24-19-10-13-29-15-22(19)14-17(25-30-22)20(27)23-11-9-16-6-3-2-4-7-16/h2-8,12,19H,9-11,13-15H2,1H3,(H,23,27)(H,24,28)/t19-,22-/m1/s1. The van der Waals surface area contributed by atoms with Crippen LogP contribution in [-0.4, -0.2) is 53.5 Å². The maximum absolute atomic E-state index is 12.7. The number of oxime groups is 1. The summed E-state index contributed by atoms with van der Waals surface area (Å²) in [7, 11) is 1.82. The highest BCUT2D eigenvalue weighted by Crippen LogP contribution is 2.33. The lowest BCUT2D eigenvalue weighted by molar-refractivity contribution is -0.128. The van der Waals surface area contributed by atoms with Gasteiger partial charge in [-0.25, -0.2) is 0 Å². The van der Waals surface area contributed by atoms with Crippen molar-refractivity contribution in [1.82, 2.24) is 15.2 Å². The lowest BCUT2D eigenvalue weighted by atomic mass is 9.86. The van der Waals surface area contributed by atoms with E-state index in [2.05, 4.69) is 15.8 Å². The van der Waals surface area contributed by atoms with Crippen molar-refractivity contribution in [3.8, 4) is 0 Å². The Morgan fingerprint density at radius 3 is 2.80 bits per heavy atom. The van der Waals surface area contributed by atoms with Crippen LogP contribution >= 0.6 is 0 Å². The molecular formula is C22H26N4O4. The molecule has 30 heavy (non-hydrogen) atoms. The first-order valence-electron chi connectivity index (χ1n) is 10.1. The number of hydrogen-bond donors (Lipinski definition) is 2. The SMILES string of the molecule is Cn1cccc1C(=O)N[C@@H]1CCOC[C@]12CC(C(=O)NCCc1ccccc1)=NO2. The molecule has 4 rings (SSSR count). The molecular weight excluding hydrogens is 384 g/mol. The van der Waals surface area contributed by atoms with Crippen molar-refractivity contribution in [3.63, 3.8) is 0 Å². The van der Waals surface area contributed by atoms with Crippen LogP contribution in [0.5, 0.6) is 0 Å². The second-order valence-electron chi connectivity index (χ2n) is 7.73. The first-order valence-corrected chi connectivity index (χ1v) is 10.1. The van der Waals surface area contributed by atoms with Crippen molar-refractivity contribution in [1.29, 1.82) is 0 Å². The Balaban J connectivity index is 1.35. The van der Waals surface area contributed by atoms with E-state index < -0.39 is 5.60 Å². The molecule has 1 saturated heterocycles. The summed E-state index contributed by atoms with van der Waals surface area (Å²) >= 11 is 0. The van der Waals surface area contributed by atoms with Gasteiger partial charge in [0.25, 0.3) is 11.8 Å². The third kappa shape index (κ3) is 4.23. The van der Waals surface area contributed by atoms with Gasteiger partial charge in [0.15, 0.2) is 5.60 Å². The minimum Gasteiger partial charge on any atom is -0.384 e. The molecule has 0 unspecified atom stereocenters.